The first-order valence-corrected chi connectivity index (χ1v) is 15.4. The average molecular weight is 647 g/mol. The summed E-state index contributed by atoms with van der Waals surface area (Å²) in [5, 5.41) is 3.31. The highest BCUT2D eigenvalue weighted by atomic mass is 35.5. The molecule has 0 spiro atoms. The van der Waals surface area contributed by atoms with Crippen molar-refractivity contribution in [2.75, 3.05) is 38.5 Å². The number of nitrogens with one attached hydrogen (secondary N) is 1. The zero-order valence-electron chi connectivity index (χ0n) is 25.8. The van der Waals surface area contributed by atoms with E-state index in [2.05, 4.69) is 10.2 Å². The molecule has 2 aromatic heterocycles. The van der Waals surface area contributed by atoms with Gasteiger partial charge in [-0.25, -0.2) is 9.97 Å². The van der Waals surface area contributed by atoms with Crippen LogP contribution in [0.5, 0.6) is 0 Å². The van der Waals surface area contributed by atoms with Crippen LogP contribution < -0.4 is 5.32 Å². The Balaban J connectivity index is 1.26. The van der Waals surface area contributed by atoms with E-state index in [1.165, 1.54) is 6.07 Å². The summed E-state index contributed by atoms with van der Waals surface area (Å²) in [6.45, 7) is 5.19. The Kier molecular flexibility index (Phi) is 8.87. The van der Waals surface area contributed by atoms with Gasteiger partial charge in [-0.05, 0) is 85.3 Å². The van der Waals surface area contributed by atoms with Crippen molar-refractivity contribution in [3.8, 4) is 11.4 Å². The number of rotatable bonds is 7. The van der Waals surface area contributed by atoms with Crippen molar-refractivity contribution in [1.82, 2.24) is 24.3 Å². The summed E-state index contributed by atoms with van der Waals surface area (Å²) >= 11 is 6.09. The van der Waals surface area contributed by atoms with E-state index in [-0.39, 0.29) is 17.8 Å². The Morgan fingerprint density at radius 3 is 2.37 bits per heavy atom. The number of alkyl halides is 3. The Bertz CT molecular complexity index is 1900. The summed E-state index contributed by atoms with van der Waals surface area (Å²) in [5.41, 5.74) is 5.00. The van der Waals surface area contributed by atoms with Crippen LogP contribution in [0.25, 0.3) is 22.4 Å². The van der Waals surface area contributed by atoms with Gasteiger partial charge in [0.05, 0.1) is 22.3 Å². The Morgan fingerprint density at radius 1 is 0.913 bits per heavy atom. The predicted molar refractivity (Wildman–Crippen MR) is 175 cm³/mol. The third kappa shape index (κ3) is 6.94. The Hall–Kier alpha value is -4.25. The highest BCUT2D eigenvalue weighted by molar-refractivity contribution is 6.30. The van der Waals surface area contributed by atoms with E-state index in [0.717, 1.165) is 52.6 Å². The van der Waals surface area contributed by atoms with E-state index in [1.807, 2.05) is 60.9 Å². The van der Waals surface area contributed by atoms with Crippen molar-refractivity contribution in [2.24, 2.45) is 7.05 Å². The maximum absolute atomic E-state index is 14.1. The van der Waals surface area contributed by atoms with Gasteiger partial charge in [0, 0.05) is 74.2 Å². The minimum absolute atomic E-state index is 0.0931. The average Bonchev–Trinajstić information content (AvgIpc) is 3.40. The molecule has 1 N–H and O–H groups in total. The number of halogens is 4. The van der Waals surface area contributed by atoms with Gasteiger partial charge < -0.3 is 14.8 Å². The first-order chi connectivity index (χ1) is 21.9. The molecule has 1 aliphatic heterocycles. The molecule has 1 amide bonds. The smallest absolute Gasteiger partial charge is 0.348 e. The zero-order chi connectivity index (χ0) is 32.6. The van der Waals surface area contributed by atoms with Gasteiger partial charge in [0.15, 0.2) is 5.82 Å². The lowest BCUT2D eigenvalue weighted by atomic mass is 9.99. The molecule has 0 unspecified atom stereocenters. The number of aryl methyl sites for hydroxylation is 2. The molecule has 46 heavy (non-hydrogen) atoms. The van der Waals surface area contributed by atoms with Gasteiger partial charge in [-0.2, -0.15) is 13.2 Å². The number of carbonyl (C=O) groups is 1. The number of aromatic nitrogens is 3. The number of benzene rings is 3. The number of nitrogens with zero attached hydrogens (tertiary/aromatic N) is 5. The Morgan fingerprint density at radius 2 is 1.65 bits per heavy atom. The molecule has 0 radical (unpaired) electrons. The molecule has 0 atom stereocenters. The number of fused-ring (bicyclic) bond motifs is 1. The molecule has 1 aliphatic rings. The van der Waals surface area contributed by atoms with E-state index in [0.29, 0.717) is 35.9 Å². The van der Waals surface area contributed by atoms with Crippen LogP contribution in [0.15, 0.2) is 72.9 Å². The largest absolute Gasteiger partial charge is 0.416 e. The van der Waals surface area contributed by atoms with Gasteiger partial charge in [-0.3, -0.25) is 9.69 Å². The number of amides is 1. The molecular formula is C35H34ClF3N6O. The summed E-state index contributed by atoms with van der Waals surface area (Å²) in [6, 6.07) is 18.6. The molecule has 3 aromatic carbocycles. The maximum atomic E-state index is 14.1. The van der Waals surface area contributed by atoms with Crippen LogP contribution in [0.1, 0.15) is 38.3 Å². The van der Waals surface area contributed by atoms with E-state index in [1.54, 1.807) is 30.3 Å². The van der Waals surface area contributed by atoms with Crippen molar-refractivity contribution in [1.29, 1.82) is 0 Å². The van der Waals surface area contributed by atoms with Crippen molar-refractivity contribution in [2.45, 2.75) is 26.1 Å². The van der Waals surface area contributed by atoms with E-state index >= 15 is 0 Å². The lowest BCUT2D eigenvalue weighted by molar-refractivity contribution is -0.138. The van der Waals surface area contributed by atoms with E-state index < -0.39 is 17.6 Å². The molecule has 3 heterocycles. The number of hydrogen-bond donors (Lipinski definition) is 1. The molecule has 11 heteroatoms. The predicted octanol–water partition coefficient (Wildman–Crippen LogP) is 7.21. The lowest BCUT2D eigenvalue weighted by Crippen LogP contribution is -2.44. The molecule has 238 valence electrons. The van der Waals surface area contributed by atoms with Crippen LogP contribution in [0.3, 0.4) is 0 Å². The summed E-state index contributed by atoms with van der Waals surface area (Å²) in [6.07, 6.45) is -2.20. The van der Waals surface area contributed by atoms with Crippen molar-refractivity contribution in [3.05, 3.63) is 111 Å². The van der Waals surface area contributed by atoms with Gasteiger partial charge in [0.1, 0.15) is 0 Å². The first kappa shape index (κ1) is 31.7. The van der Waals surface area contributed by atoms with Gasteiger partial charge in [-0.15, -0.1) is 0 Å². The molecular weight excluding hydrogens is 613 g/mol. The highest BCUT2D eigenvalue weighted by Crippen LogP contribution is 2.35. The van der Waals surface area contributed by atoms with Crippen LogP contribution >= 0.6 is 11.6 Å². The molecule has 7 nitrogen and oxygen atoms in total. The fourth-order valence-electron chi connectivity index (χ4n) is 5.82. The number of hydrogen-bond acceptors (Lipinski definition) is 5. The number of likely N-dealkylation sites (N-methyl/N-ethyl adjacent to an activating group) is 1. The van der Waals surface area contributed by atoms with Gasteiger partial charge in [0.25, 0.3) is 5.91 Å². The number of carbonyl (C=O) groups excluding carboxylic acids is 1. The minimum Gasteiger partial charge on any atom is -0.348 e. The number of anilines is 1. The van der Waals surface area contributed by atoms with Gasteiger partial charge in [0.2, 0.25) is 0 Å². The molecule has 1 saturated heterocycles. The second-order valence-corrected chi connectivity index (χ2v) is 12.3. The fourth-order valence-corrected chi connectivity index (χ4v) is 5.95. The summed E-state index contributed by atoms with van der Waals surface area (Å²) in [5.74, 6) is 0.0724. The van der Waals surface area contributed by atoms with E-state index in [4.69, 9.17) is 21.6 Å². The lowest BCUT2D eigenvalue weighted by Gasteiger charge is -2.33. The van der Waals surface area contributed by atoms with Crippen LogP contribution in [0.2, 0.25) is 5.02 Å². The monoisotopic (exact) mass is 646 g/mol. The Labute approximate surface area is 270 Å². The zero-order valence-corrected chi connectivity index (χ0v) is 26.6. The highest BCUT2D eigenvalue weighted by Gasteiger charge is 2.34. The van der Waals surface area contributed by atoms with E-state index in [9.17, 15) is 18.0 Å². The summed E-state index contributed by atoms with van der Waals surface area (Å²) in [7, 11) is 3.93. The summed E-state index contributed by atoms with van der Waals surface area (Å²) in [4.78, 5) is 27.2. The molecule has 5 aromatic rings. The molecule has 0 bridgehead atoms. The van der Waals surface area contributed by atoms with Gasteiger partial charge in [-0.1, -0.05) is 23.7 Å². The first-order valence-electron chi connectivity index (χ1n) is 15.0. The maximum Gasteiger partial charge on any atom is 0.416 e. The SMILES string of the molecule is Cc1ccc(C(=O)Nc2ccc(CN3CCN(C)CC3)c(C(F)(F)F)c2)cc1Cc1nc(-c2ccc(Cl)cc2)nc2ccn(C)c12. The fraction of sp³-hybridized carbons (Fsp3) is 0.286. The quantitative estimate of drug-likeness (QED) is 0.203. The molecule has 1 fully saturated rings. The van der Waals surface area contributed by atoms with Crippen LogP contribution in [0.4, 0.5) is 18.9 Å². The molecule has 0 saturated carbocycles. The second kappa shape index (κ2) is 12.9. The van der Waals surface area contributed by atoms with Gasteiger partial charge >= 0.3 is 6.18 Å². The van der Waals surface area contributed by atoms with Crippen molar-refractivity contribution < 1.29 is 18.0 Å². The topological polar surface area (TPSA) is 66.3 Å². The third-order valence-corrected chi connectivity index (χ3v) is 8.78. The van der Waals surface area contributed by atoms with Crippen LogP contribution in [-0.4, -0.2) is 63.5 Å². The van der Waals surface area contributed by atoms with Crippen LogP contribution in [-0.2, 0) is 26.2 Å². The molecule has 6 rings (SSSR count). The van der Waals surface area contributed by atoms with Crippen molar-refractivity contribution in [3.63, 3.8) is 0 Å². The number of piperazine rings is 1. The standard InChI is InChI=1S/C35H34ClF3N6O/c1-22-4-5-24(34(46)40-28-11-8-25(29(20-28)35(37,38)39)21-45-16-14-43(2)15-17-45)18-26(22)19-31-32-30(12-13-44(32)3)41-33(42-31)23-6-9-27(36)10-7-23/h4-13,18,20H,14-17,19,21H2,1-3H3,(H,40,46). The summed E-state index contributed by atoms with van der Waals surface area (Å²) < 4.78 is 44.3. The van der Waals surface area contributed by atoms with Crippen molar-refractivity contribution >= 4 is 34.2 Å². The third-order valence-electron chi connectivity index (χ3n) is 8.53. The van der Waals surface area contributed by atoms with Crippen LogP contribution in [0, 0.1) is 6.92 Å². The minimum atomic E-state index is -4.55. The molecule has 0 aliphatic carbocycles. The normalized spacial score (nSPS) is 14.6. The second-order valence-electron chi connectivity index (χ2n) is 11.9.